The molecule has 1 heterocycles. The zero-order valence-corrected chi connectivity index (χ0v) is 8.33. The van der Waals surface area contributed by atoms with E-state index in [1.165, 1.54) is 12.8 Å². The van der Waals surface area contributed by atoms with E-state index in [0.29, 0.717) is 0 Å². The molecule has 0 bridgehead atoms. The maximum Gasteiger partial charge on any atom is 0.341 e. The molecule has 78 valence electrons. The van der Waals surface area contributed by atoms with Crippen LogP contribution in [0.3, 0.4) is 0 Å². The molecule has 0 spiro atoms. The summed E-state index contributed by atoms with van der Waals surface area (Å²) in [6.07, 6.45) is 7.91. The molecule has 14 heavy (non-hydrogen) atoms. The number of rotatable bonds is 2. The first-order valence-corrected chi connectivity index (χ1v) is 5.70. The third-order valence-corrected chi connectivity index (χ3v) is 3.75. The molecule has 2 unspecified atom stereocenters. The molecule has 3 nitrogen and oxygen atoms in total. The minimum absolute atomic E-state index is 0.0769. The van der Waals surface area contributed by atoms with E-state index in [1.54, 1.807) is 0 Å². The maximum absolute atomic E-state index is 11.8. The summed E-state index contributed by atoms with van der Waals surface area (Å²) >= 11 is 0. The second kappa shape index (κ2) is 2.96. The van der Waals surface area contributed by atoms with Crippen molar-refractivity contribution in [2.75, 3.05) is 0 Å². The minimum atomic E-state index is -0.484. The fourth-order valence-corrected chi connectivity index (χ4v) is 2.82. The summed E-state index contributed by atoms with van der Waals surface area (Å²) in [5, 5.41) is 0. The van der Waals surface area contributed by atoms with Crippen molar-refractivity contribution in [2.24, 2.45) is 0 Å². The number of esters is 1. The van der Waals surface area contributed by atoms with Crippen molar-refractivity contribution in [3.8, 4) is 0 Å². The fourth-order valence-electron chi connectivity index (χ4n) is 2.82. The SMILES string of the molecule is O=C(OC1CCCC1)C12CCCC1O2. The molecule has 2 saturated carbocycles. The fraction of sp³-hybridized carbons (Fsp3) is 0.909. The topological polar surface area (TPSA) is 38.8 Å². The summed E-state index contributed by atoms with van der Waals surface area (Å²) in [5.41, 5.74) is -0.484. The molecule has 0 aromatic heterocycles. The number of carbonyl (C=O) groups excluding carboxylic acids is 1. The van der Waals surface area contributed by atoms with Gasteiger partial charge in [-0.05, 0) is 44.9 Å². The van der Waals surface area contributed by atoms with Gasteiger partial charge in [0.15, 0.2) is 5.60 Å². The smallest absolute Gasteiger partial charge is 0.341 e. The Balaban J connectivity index is 1.60. The van der Waals surface area contributed by atoms with Crippen LogP contribution in [0.1, 0.15) is 44.9 Å². The van der Waals surface area contributed by atoms with Gasteiger partial charge in [0, 0.05) is 0 Å². The van der Waals surface area contributed by atoms with Crippen LogP contribution < -0.4 is 0 Å². The zero-order valence-electron chi connectivity index (χ0n) is 8.33. The molecule has 1 saturated heterocycles. The number of epoxide rings is 1. The second-order valence-electron chi connectivity index (χ2n) is 4.70. The molecule has 3 aliphatic rings. The van der Waals surface area contributed by atoms with Gasteiger partial charge in [0.1, 0.15) is 6.10 Å². The highest BCUT2D eigenvalue weighted by atomic mass is 16.7. The van der Waals surface area contributed by atoms with Crippen LogP contribution in [0.5, 0.6) is 0 Å². The highest BCUT2D eigenvalue weighted by molar-refractivity contribution is 5.84. The Hall–Kier alpha value is -0.570. The Bertz CT molecular complexity index is 257. The van der Waals surface area contributed by atoms with Crippen molar-refractivity contribution in [1.29, 1.82) is 0 Å². The van der Waals surface area contributed by atoms with Crippen LogP contribution in [0.25, 0.3) is 0 Å². The molecule has 3 fully saturated rings. The first-order chi connectivity index (χ1) is 6.81. The molecular weight excluding hydrogens is 180 g/mol. The lowest BCUT2D eigenvalue weighted by Crippen LogP contribution is -2.29. The van der Waals surface area contributed by atoms with Gasteiger partial charge >= 0.3 is 5.97 Å². The van der Waals surface area contributed by atoms with Gasteiger partial charge in [0.2, 0.25) is 0 Å². The molecule has 3 rings (SSSR count). The van der Waals surface area contributed by atoms with Crippen LogP contribution in [0.2, 0.25) is 0 Å². The van der Waals surface area contributed by atoms with Gasteiger partial charge in [-0.15, -0.1) is 0 Å². The summed E-state index contributed by atoms with van der Waals surface area (Å²) in [7, 11) is 0. The predicted octanol–water partition coefficient (Wildman–Crippen LogP) is 1.79. The molecule has 2 atom stereocenters. The number of fused-ring (bicyclic) bond motifs is 1. The van der Waals surface area contributed by atoms with Crippen LogP contribution in [0.4, 0.5) is 0 Å². The van der Waals surface area contributed by atoms with E-state index < -0.39 is 5.60 Å². The molecule has 0 aromatic rings. The van der Waals surface area contributed by atoms with Gasteiger partial charge in [-0.2, -0.15) is 0 Å². The van der Waals surface area contributed by atoms with E-state index in [4.69, 9.17) is 9.47 Å². The van der Waals surface area contributed by atoms with Crippen LogP contribution in [-0.4, -0.2) is 23.8 Å². The van der Waals surface area contributed by atoms with Crippen molar-refractivity contribution in [3.63, 3.8) is 0 Å². The van der Waals surface area contributed by atoms with Crippen LogP contribution in [-0.2, 0) is 14.3 Å². The van der Waals surface area contributed by atoms with E-state index in [0.717, 1.165) is 32.1 Å². The Kier molecular flexibility index (Phi) is 1.84. The second-order valence-corrected chi connectivity index (χ2v) is 4.70. The van der Waals surface area contributed by atoms with Gasteiger partial charge in [0.05, 0.1) is 6.10 Å². The molecule has 0 radical (unpaired) electrons. The van der Waals surface area contributed by atoms with Crippen molar-refractivity contribution < 1.29 is 14.3 Å². The minimum Gasteiger partial charge on any atom is -0.460 e. The number of carbonyl (C=O) groups is 1. The third-order valence-electron chi connectivity index (χ3n) is 3.75. The van der Waals surface area contributed by atoms with Crippen molar-refractivity contribution in [3.05, 3.63) is 0 Å². The van der Waals surface area contributed by atoms with E-state index >= 15 is 0 Å². The summed E-state index contributed by atoms with van der Waals surface area (Å²) in [5.74, 6) is -0.0769. The van der Waals surface area contributed by atoms with E-state index in [1.807, 2.05) is 0 Å². The Morgan fingerprint density at radius 1 is 1.21 bits per heavy atom. The lowest BCUT2D eigenvalue weighted by atomic mass is 10.1. The van der Waals surface area contributed by atoms with Gasteiger partial charge < -0.3 is 9.47 Å². The van der Waals surface area contributed by atoms with Crippen molar-refractivity contribution in [1.82, 2.24) is 0 Å². The van der Waals surface area contributed by atoms with Gasteiger partial charge in [-0.1, -0.05) is 0 Å². The highest BCUT2D eigenvalue weighted by Gasteiger charge is 2.66. The van der Waals surface area contributed by atoms with Gasteiger partial charge in [-0.3, -0.25) is 0 Å². The number of ether oxygens (including phenoxy) is 2. The molecule has 0 amide bonds. The first-order valence-electron chi connectivity index (χ1n) is 5.70. The normalized spacial score (nSPS) is 41.0. The lowest BCUT2D eigenvalue weighted by Gasteiger charge is -2.14. The summed E-state index contributed by atoms with van der Waals surface area (Å²) < 4.78 is 10.9. The van der Waals surface area contributed by atoms with Gasteiger partial charge in [0.25, 0.3) is 0 Å². The maximum atomic E-state index is 11.8. The third kappa shape index (κ3) is 1.18. The molecule has 1 aliphatic heterocycles. The van der Waals surface area contributed by atoms with Crippen LogP contribution in [0, 0.1) is 0 Å². The Morgan fingerprint density at radius 3 is 2.57 bits per heavy atom. The van der Waals surface area contributed by atoms with Crippen LogP contribution >= 0.6 is 0 Å². The first kappa shape index (κ1) is 8.72. The Labute approximate surface area is 83.8 Å². The molecular formula is C11H16O3. The summed E-state index contributed by atoms with van der Waals surface area (Å²) in [4.78, 5) is 11.8. The molecule has 0 N–H and O–H groups in total. The van der Waals surface area contributed by atoms with E-state index in [9.17, 15) is 4.79 Å². The van der Waals surface area contributed by atoms with Crippen molar-refractivity contribution >= 4 is 5.97 Å². The van der Waals surface area contributed by atoms with Gasteiger partial charge in [-0.25, -0.2) is 4.79 Å². The van der Waals surface area contributed by atoms with E-state index in [-0.39, 0.29) is 18.2 Å². The molecule has 0 aromatic carbocycles. The largest absolute Gasteiger partial charge is 0.460 e. The number of hydrogen-bond acceptors (Lipinski definition) is 3. The lowest BCUT2D eigenvalue weighted by molar-refractivity contribution is -0.155. The standard InChI is InChI=1S/C11H16O3/c12-10(13-8-4-1-2-5-8)11-7-3-6-9(11)14-11/h8-9H,1-7H2. The predicted molar refractivity (Wildman–Crippen MR) is 49.8 cm³/mol. The average molecular weight is 196 g/mol. The summed E-state index contributed by atoms with van der Waals surface area (Å²) in [6.45, 7) is 0. The molecule has 3 heteroatoms. The van der Waals surface area contributed by atoms with Crippen LogP contribution in [0.15, 0.2) is 0 Å². The monoisotopic (exact) mass is 196 g/mol. The van der Waals surface area contributed by atoms with E-state index in [2.05, 4.69) is 0 Å². The highest BCUT2D eigenvalue weighted by Crippen LogP contribution is 2.51. The quantitative estimate of drug-likeness (QED) is 0.499. The van der Waals surface area contributed by atoms with Crippen molar-refractivity contribution in [2.45, 2.75) is 62.8 Å². The Morgan fingerprint density at radius 2 is 2.00 bits per heavy atom. The number of hydrogen-bond donors (Lipinski definition) is 0. The molecule has 2 aliphatic carbocycles. The average Bonchev–Trinajstić information content (AvgIpc) is 2.62. The zero-order chi connectivity index (χ0) is 9.60. The summed E-state index contributed by atoms with van der Waals surface area (Å²) in [6, 6.07) is 0.